The normalized spacial score (nSPS) is 18.6. The summed E-state index contributed by atoms with van der Waals surface area (Å²) >= 11 is 0. The number of carbonyl (C=O) groups excluding carboxylic acids is 1. The van der Waals surface area contributed by atoms with E-state index in [9.17, 15) is 9.59 Å². The first-order valence-electron chi connectivity index (χ1n) is 8.25. The molecule has 1 aliphatic heterocycles. The lowest BCUT2D eigenvalue weighted by Gasteiger charge is -2.32. The van der Waals surface area contributed by atoms with Crippen molar-refractivity contribution in [1.82, 2.24) is 25.1 Å². The van der Waals surface area contributed by atoms with Crippen molar-refractivity contribution in [2.45, 2.75) is 44.9 Å². The van der Waals surface area contributed by atoms with Crippen LogP contribution in [-0.2, 0) is 5.41 Å². The van der Waals surface area contributed by atoms with E-state index in [0.29, 0.717) is 18.8 Å². The van der Waals surface area contributed by atoms with Crippen LogP contribution in [0.3, 0.4) is 0 Å². The maximum Gasteiger partial charge on any atom is 0.345 e. The van der Waals surface area contributed by atoms with Crippen molar-refractivity contribution in [2.75, 3.05) is 13.1 Å². The quantitative estimate of drug-likeness (QED) is 0.878. The van der Waals surface area contributed by atoms with E-state index in [4.69, 9.17) is 0 Å². The molecule has 0 unspecified atom stereocenters. The molecule has 24 heavy (non-hydrogen) atoms. The minimum Gasteiger partial charge on any atom is -0.337 e. The number of rotatable bonds is 2. The number of aromatic amines is 2. The number of likely N-dealkylation sites (tertiary alicyclic amines) is 1. The van der Waals surface area contributed by atoms with Gasteiger partial charge >= 0.3 is 5.69 Å². The molecule has 1 amide bonds. The lowest BCUT2D eigenvalue weighted by molar-refractivity contribution is 0.0700. The molecule has 1 aliphatic rings. The highest BCUT2D eigenvalue weighted by atomic mass is 16.2. The van der Waals surface area contributed by atoms with Crippen LogP contribution < -0.4 is 5.69 Å². The molecule has 0 aromatic carbocycles. The third-order valence-electron chi connectivity index (χ3n) is 4.45. The Balaban J connectivity index is 1.76. The summed E-state index contributed by atoms with van der Waals surface area (Å²) in [7, 11) is 0. The number of hydrogen-bond donors (Lipinski definition) is 2. The first-order chi connectivity index (χ1) is 11.3. The first-order valence-corrected chi connectivity index (χ1v) is 8.25. The molecular weight excluding hydrogens is 306 g/mol. The largest absolute Gasteiger partial charge is 0.345 e. The predicted octanol–water partition coefficient (Wildman–Crippen LogP) is 1.81. The van der Waals surface area contributed by atoms with Gasteiger partial charge in [-0.25, -0.2) is 9.78 Å². The van der Waals surface area contributed by atoms with Crippen molar-refractivity contribution in [1.29, 1.82) is 0 Å². The third kappa shape index (κ3) is 3.39. The van der Waals surface area contributed by atoms with Crippen molar-refractivity contribution >= 4 is 5.91 Å². The third-order valence-corrected chi connectivity index (χ3v) is 4.45. The average molecular weight is 329 g/mol. The van der Waals surface area contributed by atoms with Crippen LogP contribution in [0.15, 0.2) is 23.1 Å². The summed E-state index contributed by atoms with van der Waals surface area (Å²) in [5, 5.41) is 7.15. The van der Waals surface area contributed by atoms with Crippen LogP contribution in [0.4, 0.5) is 0 Å². The van der Waals surface area contributed by atoms with Gasteiger partial charge in [-0.05, 0) is 25.0 Å². The Morgan fingerprint density at radius 3 is 2.83 bits per heavy atom. The van der Waals surface area contributed by atoms with Crippen LogP contribution in [0, 0.1) is 0 Å². The van der Waals surface area contributed by atoms with Crippen LogP contribution in [0.2, 0.25) is 0 Å². The molecule has 3 heterocycles. The minimum absolute atomic E-state index is 0.0668. The molecule has 2 aromatic rings. The van der Waals surface area contributed by atoms with E-state index in [1.807, 2.05) is 17.0 Å². The number of nitrogens with zero attached hydrogens (tertiary/aromatic N) is 3. The standard InChI is InChI=1S/C17H23N5O2/c1-17(2,3)14-9-13(20-21-14)15(23)22-8-4-5-11(10-22)12-6-7-18-16(24)19-12/h6-7,9,11H,4-5,8,10H2,1-3H3,(H,20,21)(H,18,19,24)/t11-/m0/s1. The van der Waals surface area contributed by atoms with Gasteiger partial charge in [-0.3, -0.25) is 9.89 Å². The van der Waals surface area contributed by atoms with Gasteiger partial charge in [0.2, 0.25) is 0 Å². The van der Waals surface area contributed by atoms with Gasteiger partial charge in [0.25, 0.3) is 5.91 Å². The second-order valence-electron chi connectivity index (χ2n) is 7.34. The number of amides is 1. The lowest BCUT2D eigenvalue weighted by atomic mass is 9.92. The molecule has 0 aliphatic carbocycles. The van der Waals surface area contributed by atoms with E-state index in [0.717, 1.165) is 24.2 Å². The highest BCUT2D eigenvalue weighted by Gasteiger charge is 2.28. The zero-order chi connectivity index (χ0) is 17.3. The lowest BCUT2D eigenvalue weighted by Crippen LogP contribution is -2.39. The van der Waals surface area contributed by atoms with Gasteiger partial charge < -0.3 is 9.88 Å². The fraction of sp³-hybridized carbons (Fsp3) is 0.529. The highest BCUT2D eigenvalue weighted by molar-refractivity contribution is 5.92. The van der Waals surface area contributed by atoms with Crippen LogP contribution >= 0.6 is 0 Å². The van der Waals surface area contributed by atoms with Gasteiger partial charge in [-0.1, -0.05) is 20.8 Å². The van der Waals surface area contributed by atoms with Crippen LogP contribution in [0.1, 0.15) is 61.4 Å². The highest BCUT2D eigenvalue weighted by Crippen LogP contribution is 2.26. The molecule has 0 bridgehead atoms. The molecule has 3 rings (SSSR count). The van der Waals surface area contributed by atoms with Gasteiger partial charge in [0.1, 0.15) is 5.69 Å². The summed E-state index contributed by atoms with van der Waals surface area (Å²) in [5.41, 5.74) is 1.80. The van der Waals surface area contributed by atoms with Crippen LogP contribution in [0.25, 0.3) is 0 Å². The molecule has 2 N–H and O–H groups in total. The molecule has 7 heteroatoms. The van der Waals surface area contributed by atoms with E-state index >= 15 is 0 Å². The number of piperidine rings is 1. The summed E-state index contributed by atoms with van der Waals surface area (Å²) in [6.45, 7) is 7.52. The number of aromatic nitrogens is 4. The average Bonchev–Trinajstić information content (AvgIpc) is 3.04. The topological polar surface area (TPSA) is 94.7 Å². The SMILES string of the molecule is CC(C)(C)c1cc(C(=O)N2CCC[C@H](c3ccnc(=O)[nH]3)C2)n[nH]1. The smallest absolute Gasteiger partial charge is 0.337 e. The number of H-pyrrole nitrogens is 2. The molecule has 1 saturated heterocycles. The molecular formula is C17H23N5O2. The van der Waals surface area contributed by atoms with Crippen LogP contribution in [-0.4, -0.2) is 44.1 Å². The van der Waals surface area contributed by atoms with Crippen molar-refractivity contribution in [3.8, 4) is 0 Å². The Morgan fingerprint density at radius 2 is 2.17 bits per heavy atom. The summed E-state index contributed by atoms with van der Waals surface area (Å²) in [6.07, 6.45) is 3.35. The molecule has 1 fully saturated rings. The van der Waals surface area contributed by atoms with Gasteiger partial charge in [0.15, 0.2) is 0 Å². The zero-order valence-electron chi connectivity index (χ0n) is 14.3. The van der Waals surface area contributed by atoms with Crippen molar-refractivity contribution in [2.24, 2.45) is 0 Å². The Kier molecular flexibility index (Phi) is 4.26. The van der Waals surface area contributed by atoms with E-state index in [1.165, 1.54) is 6.20 Å². The maximum atomic E-state index is 12.7. The zero-order valence-corrected chi connectivity index (χ0v) is 14.3. The van der Waals surface area contributed by atoms with E-state index in [1.54, 1.807) is 0 Å². The van der Waals surface area contributed by atoms with E-state index in [-0.39, 0.29) is 22.9 Å². The molecule has 2 aromatic heterocycles. The van der Waals surface area contributed by atoms with Crippen molar-refractivity contribution < 1.29 is 4.79 Å². The Morgan fingerprint density at radius 1 is 1.38 bits per heavy atom. The molecule has 0 spiro atoms. The fourth-order valence-corrected chi connectivity index (χ4v) is 3.01. The Hall–Kier alpha value is -2.44. The van der Waals surface area contributed by atoms with E-state index in [2.05, 4.69) is 40.9 Å². The summed E-state index contributed by atoms with van der Waals surface area (Å²) in [5.74, 6) is 0.0577. The second-order valence-corrected chi connectivity index (χ2v) is 7.34. The molecule has 7 nitrogen and oxygen atoms in total. The minimum atomic E-state index is -0.349. The number of hydrogen-bond acceptors (Lipinski definition) is 4. The second kappa shape index (κ2) is 6.22. The Bertz CT molecular complexity index is 787. The van der Waals surface area contributed by atoms with Crippen LogP contribution in [0.5, 0.6) is 0 Å². The molecule has 0 saturated carbocycles. The fourth-order valence-electron chi connectivity index (χ4n) is 3.01. The van der Waals surface area contributed by atoms with Gasteiger partial charge in [0, 0.05) is 42.0 Å². The molecule has 128 valence electrons. The summed E-state index contributed by atoms with van der Waals surface area (Å²) < 4.78 is 0. The molecule has 1 atom stereocenters. The van der Waals surface area contributed by atoms with Crippen molar-refractivity contribution in [3.63, 3.8) is 0 Å². The van der Waals surface area contributed by atoms with Gasteiger partial charge in [-0.15, -0.1) is 0 Å². The summed E-state index contributed by atoms with van der Waals surface area (Å²) in [4.78, 5) is 32.4. The number of nitrogens with one attached hydrogen (secondary N) is 2. The molecule has 0 radical (unpaired) electrons. The predicted molar refractivity (Wildman–Crippen MR) is 90.0 cm³/mol. The van der Waals surface area contributed by atoms with Crippen molar-refractivity contribution in [3.05, 3.63) is 45.9 Å². The summed E-state index contributed by atoms with van der Waals surface area (Å²) in [6, 6.07) is 3.65. The Labute approximate surface area is 140 Å². The monoisotopic (exact) mass is 329 g/mol. The van der Waals surface area contributed by atoms with E-state index < -0.39 is 0 Å². The first kappa shape index (κ1) is 16.4. The van der Waals surface area contributed by atoms with Gasteiger partial charge in [0.05, 0.1) is 0 Å². The number of carbonyl (C=O) groups is 1. The van der Waals surface area contributed by atoms with Gasteiger partial charge in [-0.2, -0.15) is 5.10 Å². The maximum absolute atomic E-state index is 12.7.